The number of phenols is 1. The van der Waals surface area contributed by atoms with Gasteiger partial charge < -0.3 is 10.4 Å². The molecule has 5 heteroatoms. The first-order valence-electron chi connectivity index (χ1n) is 6.16. The summed E-state index contributed by atoms with van der Waals surface area (Å²) in [6.45, 7) is 5.66. The van der Waals surface area contributed by atoms with Crippen molar-refractivity contribution >= 4 is 15.9 Å². The third-order valence-electron chi connectivity index (χ3n) is 3.30. The van der Waals surface area contributed by atoms with Crippen LogP contribution >= 0.6 is 15.9 Å². The predicted octanol–water partition coefficient (Wildman–Crippen LogP) is 2.79. The molecule has 0 radical (unpaired) electrons. The van der Waals surface area contributed by atoms with Crippen LogP contribution in [0.15, 0.2) is 22.7 Å². The zero-order valence-corrected chi connectivity index (χ0v) is 13.0. The summed E-state index contributed by atoms with van der Waals surface area (Å²) >= 11 is 3.32. The van der Waals surface area contributed by atoms with Crippen LogP contribution in [-0.4, -0.2) is 14.9 Å². The van der Waals surface area contributed by atoms with Crippen molar-refractivity contribution in [2.75, 3.05) is 0 Å². The Bertz CT molecular complexity index is 593. The van der Waals surface area contributed by atoms with Gasteiger partial charge in [0, 0.05) is 31.4 Å². The molecule has 1 aromatic carbocycles. The number of hydrogen-bond donors (Lipinski definition) is 2. The standard InChI is InChI=1S/C14H18BrN3O/c1-9-12(10(2)18(3)17-9)8-16-7-11-4-5-14(19)13(15)6-11/h4-6,16,19H,7-8H2,1-3H3. The van der Waals surface area contributed by atoms with Gasteiger partial charge in [0.1, 0.15) is 5.75 Å². The Labute approximate surface area is 121 Å². The van der Waals surface area contributed by atoms with E-state index in [1.807, 2.05) is 30.8 Å². The van der Waals surface area contributed by atoms with Crippen LogP contribution in [0.2, 0.25) is 0 Å². The zero-order valence-electron chi connectivity index (χ0n) is 11.4. The van der Waals surface area contributed by atoms with Crippen molar-refractivity contribution in [2.24, 2.45) is 7.05 Å². The summed E-state index contributed by atoms with van der Waals surface area (Å²) in [5.41, 5.74) is 4.64. The van der Waals surface area contributed by atoms with Crippen molar-refractivity contribution in [3.63, 3.8) is 0 Å². The molecule has 0 aliphatic heterocycles. The van der Waals surface area contributed by atoms with E-state index in [0.29, 0.717) is 0 Å². The minimum absolute atomic E-state index is 0.266. The molecule has 0 spiro atoms. The van der Waals surface area contributed by atoms with Crippen molar-refractivity contribution in [3.05, 3.63) is 45.2 Å². The predicted molar refractivity (Wildman–Crippen MR) is 79.0 cm³/mol. The van der Waals surface area contributed by atoms with Gasteiger partial charge in [0.15, 0.2) is 0 Å². The second-order valence-electron chi connectivity index (χ2n) is 4.66. The van der Waals surface area contributed by atoms with Gasteiger partial charge in [0.05, 0.1) is 10.2 Å². The highest BCUT2D eigenvalue weighted by Crippen LogP contribution is 2.24. The number of phenolic OH excluding ortho intramolecular Hbond substituents is 1. The number of nitrogens with zero attached hydrogens (tertiary/aromatic N) is 2. The highest BCUT2D eigenvalue weighted by atomic mass is 79.9. The Kier molecular flexibility index (Phi) is 4.27. The lowest BCUT2D eigenvalue weighted by atomic mass is 10.2. The highest BCUT2D eigenvalue weighted by molar-refractivity contribution is 9.10. The van der Waals surface area contributed by atoms with Gasteiger partial charge in [-0.3, -0.25) is 4.68 Å². The van der Waals surface area contributed by atoms with Crippen LogP contribution in [0.5, 0.6) is 5.75 Å². The Hall–Kier alpha value is -1.33. The third-order valence-corrected chi connectivity index (χ3v) is 3.94. The molecule has 0 bridgehead atoms. The van der Waals surface area contributed by atoms with Crippen LogP contribution in [-0.2, 0) is 20.1 Å². The second kappa shape index (κ2) is 5.75. The number of nitrogens with one attached hydrogen (secondary N) is 1. The van der Waals surface area contributed by atoms with E-state index in [4.69, 9.17) is 0 Å². The molecule has 4 nitrogen and oxygen atoms in total. The van der Waals surface area contributed by atoms with Crippen LogP contribution in [0.4, 0.5) is 0 Å². The van der Waals surface area contributed by atoms with E-state index in [2.05, 4.69) is 33.3 Å². The molecule has 19 heavy (non-hydrogen) atoms. The van der Waals surface area contributed by atoms with Crippen molar-refractivity contribution in [1.82, 2.24) is 15.1 Å². The Morgan fingerprint density at radius 3 is 2.63 bits per heavy atom. The lowest BCUT2D eigenvalue weighted by molar-refractivity contribution is 0.471. The molecule has 1 aromatic heterocycles. The number of halogens is 1. The van der Waals surface area contributed by atoms with E-state index in [9.17, 15) is 5.11 Å². The summed E-state index contributed by atoms with van der Waals surface area (Å²) in [5.74, 6) is 0.266. The highest BCUT2D eigenvalue weighted by Gasteiger charge is 2.08. The largest absolute Gasteiger partial charge is 0.507 e. The normalized spacial score (nSPS) is 10.9. The molecule has 0 fully saturated rings. The van der Waals surface area contributed by atoms with Crippen LogP contribution < -0.4 is 5.32 Å². The van der Waals surface area contributed by atoms with E-state index >= 15 is 0 Å². The summed E-state index contributed by atoms with van der Waals surface area (Å²) in [5, 5.41) is 17.2. The topological polar surface area (TPSA) is 50.1 Å². The van der Waals surface area contributed by atoms with Gasteiger partial charge in [0.2, 0.25) is 0 Å². The first-order chi connectivity index (χ1) is 8.99. The van der Waals surface area contributed by atoms with Crippen LogP contribution in [0.1, 0.15) is 22.5 Å². The summed E-state index contributed by atoms with van der Waals surface area (Å²) in [6, 6.07) is 5.53. The molecular weight excluding hydrogens is 306 g/mol. The fraction of sp³-hybridized carbons (Fsp3) is 0.357. The van der Waals surface area contributed by atoms with Crippen LogP contribution in [0.25, 0.3) is 0 Å². The fourth-order valence-corrected chi connectivity index (χ4v) is 2.49. The van der Waals surface area contributed by atoms with Crippen molar-refractivity contribution in [3.8, 4) is 5.75 Å². The van der Waals surface area contributed by atoms with E-state index in [0.717, 1.165) is 28.8 Å². The molecule has 2 rings (SSSR count). The number of rotatable bonds is 4. The molecule has 1 heterocycles. The SMILES string of the molecule is Cc1nn(C)c(C)c1CNCc1ccc(O)c(Br)c1. The third kappa shape index (κ3) is 3.16. The Morgan fingerprint density at radius 1 is 1.32 bits per heavy atom. The smallest absolute Gasteiger partial charge is 0.129 e. The molecule has 0 aliphatic carbocycles. The molecule has 0 aliphatic rings. The first kappa shape index (κ1) is 14.1. The molecular formula is C14H18BrN3O. The van der Waals surface area contributed by atoms with Gasteiger partial charge in [-0.2, -0.15) is 5.10 Å². The summed E-state index contributed by atoms with van der Waals surface area (Å²) < 4.78 is 2.63. The van der Waals surface area contributed by atoms with E-state index in [-0.39, 0.29) is 5.75 Å². The van der Waals surface area contributed by atoms with E-state index in [1.54, 1.807) is 6.07 Å². The zero-order chi connectivity index (χ0) is 14.0. The van der Waals surface area contributed by atoms with Gasteiger partial charge in [-0.25, -0.2) is 0 Å². The molecule has 0 atom stereocenters. The van der Waals surface area contributed by atoms with Gasteiger partial charge >= 0.3 is 0 Å². The van der Waals surface area contributed by atoms with Gasteiger partial charge in [0.25, 0.3) is 0 Å². The maximum atomic E-state index is 9.44. The van der Waals surface area contributed by atoms with Crippen molar-refractivity contribution in [1.29, 1.82) is 0 Å². The summed E-state index contributed by atoms with van der Waals surface area (Å²) in [6.07, 6.45) is 0. The van der Waals surface area contributed by atoms with Gasteiger partial charge in [-0.1, -0.05) is 6.07 Å². The lowest BCUT2D eigenvalue weighted by Crippen LogP contribution is -2.13. The van der Waals surface area contributed by atoms with Gasteiger partial charge in [-0.05, 0) is 47.5 Å². The molecule has 0 unspecified atom stereocenters. The summed E-state index contributed by atoms with van der Waals surface area (Å²) in [7, 11) is 1.96. The Balaban J connectivity index is 1.98. The maximum absolute atomic E-state index is 9.44. The molecule has 2 N–H and O–H groups in total. The van der Waals surface area contributed by atoms with Crippen LogP contribution in [0.3, 0.4) is 0 Å². The molecule has 0 amide bonds. The molecule has 0 saturated carbocycles. The summed E-state index contributed by atoms with van der Waals surface area (Å²) in [4.78, 5) is 0. The number of aryl methyl sites for hydroxylation is 2. The minimum Gasteiger partial charge on any atom is -0.507 e. The molecule has 102 valence electrons. The number of hydrogen-bond acceptors (Lipinski definition) is 3. The fourth-order valence-electron chi connectivity index (χ4n) is 2.07. The van der Waals surface area contributed by atoms with E-state index < -0.39 is 0 Å². The second-order valence-corrected chi connectivity index (χ2v) is 5.52. The number of aromatic hydroxyl groups is 1. The van der Waals surface area contributed by atoms with Crippen molar-refractivity contribution in [2.45, 2.75) is 26.9 Å². The average molecular weight is 324 g/mol. The van der Waals surface area contributed by atoms with Crippen molar-refractivity contribution < 1.29 is 5.11 Å². The average Bonchev–Trinajstić information content (AvgIpc) is 2.60. The Morgan fingerprint density at radius 2 is 2.05 bits per heavy atom. The van der Waals surface area contributed by atoms with Gasteiger partial charge in [-0.15, -0.1) is 0 Å². The number of aromatic nitrogens is 2. The monoisotopic (exact) mass is 323 g/mol. The number of benzene rings is 1. The van der Waals surface area contributed by atoms with E-state index in [1.165, 1.54) is 11.3 Å². The molecule has 2 aromatic rings. The van der Waals surface area contributed by atoms with Crippen LogP contribution in [0, 0.1) is 13.8 Å². The first-order valence-corrected chi connectivity index (χ1v) is 6.95. The molecule has 0 saturated heterocycles. The maximum Gasteiger partial charge on any atom is 0.129 e. The quantitative estimate of drug-likeness (QED) is 0.909. The lowest BCUT2D eigenvalue weighted by Gasteiger charge is -2.07. The minimum atomic E-state index is 0.266.